The zero-order valence-corrected chi connectivity index (χ0v) is 10.5. The highest BCUT2D eigenvalue weighted by Crippen LogP contribution is 2.28. The van der Waals surface area contributed by atoms with Gasteiger partial charge in [0.05, 0.1) is 6.61 Å². The lowest BCUT2D eigenvalue weighted by molar-refractivity contribution is 0.0508. The predicted octanol–water partition coefficient (Wildman–Crippen LogP) is 1.88. The minimum absolute atomic E-state index is 0.0506. The van der Waals surface area contributed by atoms with Gasteiger partial charge in [-0.1, -0.05) is 6.07 Å². The number of hydrogen-bond acceptors (Lipinski definition) is 6. The molecule has 0 saturated carbocycles. The zero-order valence-electron chi connectivity index (χ0n) is 10.5. The Bertz CT molecular complexity index is 621. The van der Waals surface area contributed by atoms with Gasteiger partial charge in [-0.05, 0) is 36.2 Å². The number of ether oxygens (including phenoxy) is 1. The molecule has 0 unspecified atom stereocenters. The molecule has 0 fully saturated rings. The number of carbonyl (C=O) groups is 1. The van der Waals surface area contributed by atoms with Gasteiger partial charge in [0.2, 0.25) is 0 Å². The summed E-state index contributed by atoms with van der Waals surface area (Å²) in [5.41, 5.74) is 3.14. The van der Waals surface area contributed by atoms with Gasteiger partial charge in [-0.3, -0.25) is 0 Å². The van der Waals surface area contributed by atoms with Crippen molar-refractivity contribution in [2.24, 2.45) is 0 Å². The van der Waals surface area contributed by atoms with Crippen molar-refractivity contribution >= 4 is 11.7 Å². The molecule has 98 valence electrons. The average molecular weight is 259 g/mol. The van der Waals surface area contributed by atoms with Crippen LogP contribution in [0.1, 0.15) is 23.1 Å². The topological polar surface area (TPSA) is 77.2 Å². The third kappa shape index (κ3) is 2.16. The summed E-state index contributed by atoms with van der Waals surface area (Å²) in [6.45, 7) is 2.95. The van der Waals surface area contributed by atoms with Crippen molar-refractivity contribution in [3.8, 4) is 11.5 Å². The molecule has 0 radical (unpaired) electrons. The van der Waals surface area contributed by atoms with Gasteiger partial charge in [-0.25, -0.2) is 4.79 Å². The molecule has 19 heavy (non-hydrogen) atoms. The molecule has 6 nitrogen and oxygen atoms in total. The largest absolute Gasteiger partial charge is 0.460 e. The van der Waals surface area contributed by atoms with Crippen LogP contribution in [0.3, 0.4) is 0 Å². The van der Waals surface area contributed by atoms with Crippen molar-refractivity contribution < 1.29 is 14.1 Å². The number of fused-ring (bicyclic) bond motifs is 1. The lowest BCUT2D eigenvalue weighted by Gasteiger charge is -2.00. The molecule has 6 heteroatoms. The summed E-state index contributed by atoms with van der Waals surface area (Å²) < 4.78 is 9.90. The van der Waals surface area contributed by atoms with E-state index in [1.54, 1.807) is 6.92 Å². The Morgan fingerprint density at radius 1 is 1.53 bits per heavy atom. The third-order valence-electron chi connectivity index (χ3n) is 2.95. The van der Waals surface area contributed by atoms with Gasteiger partial charge in [0.1, 0.15) is 0 Å². The number of benzene rings is 1. The van der Waals surface area contributed by atoms with Crippen molar-refractivity contribution in [1.29, 1.82) is 0 Å². The van der Waals surface area contributed by atoms with Crippen molar-refractivity contribution in [1.82, 2.24) is 10.1 Å². The van der Waals surface area contributed by atoms with Crippen LogP contribution in [0.2, 0.25) is 0 Å². The number of nitrogens with zero attached hydrogens (tertiary/aromatic N) is 2. The van der Waals surface area contributed by atoms with Gasteiger partial charge in [0, 0.05) is 17.8 Å². The van der Waals surface area contributed by atoms with Crippen LogP contribution in [0.5, 0.6) is 0 Å². The van der Waals surface area contributed by atoms with E-state index in [0.717, 1.165) is 24.2 Å². The minimum atomic E-state index is -0.572. The second kappa shape index (κ2) is 4.72. The Morgan fingerprint density at radius 3 is 3.26 bits per heavy atom. The summed E-state index contributed by atoms with van der Waals surface area (Å²) in [7, 11) is 0. The van der Waals surface area contributed by atoms with E-state index in [1.807, 2.05) is 18.2 Å². The van der Waals surface area contributed by atoms with Crippen LogP contribution >= 0.6 is 0 Å². The fourth-order valence-electron chi connectivity index (χ4n) is 2.04. The summed E-state index contributed by atoms with van der Waals surface area (Å²) in [4.78, 5) is 15.5. The molecule has 3 rings (SSSR count). The van der Waals surface area contributed by atoms with Crippen LogP contribution < -0.4 is 5.32 Å². The van der Waals surface area contributed by atoms with E-state index in [1.165, 1.54) is 5.56 Å². The number of esters is 1. The van der Waals surface area contributed by atoms with Crippen LogP contribution in [0.4, 0.5) is 5.69 Å². The van der Waals surface area contributed by atoms with Gasteiger partial charge >= 0.3 is 5.97 Å². The van der Waals surface area contributed by atoms with Crippen molar-refractivity contribution in [2.75, 3.05) is 18.5 Å². The highest BCUT2D eigenvalue weighted by Gasteiger charge is 2.18. The number of nitrogens with one attached hydrogen (secondary N) is 1. The monoisotopic (exact) mass is 259 g/mol. The number of aromatic nitrogens is 2. The van der Waals surface area contributed by atoms with Crippen LogP contribution in [0, 0.1) is 0 Å². The lowest BCUT2D eigenvalue weighted by atomic mass is 10.1. The first kappa shape index (κ1) is 11.7. The van der Waals surface area contributed by atoms with Crippen molar-refractivity contribution in [3.63, 3.8) is 0 Å². The molecule has 0 aliphatic carbocycles. The fraction of sp³-hybridized carbons (Fsp3) is 0.308. The Morgan fingerprint density at radius 2 is 2.42 bits per heavy atom. The molecule has 1 aromatic heterocycles. The molecular weight excluding hydrogens is 246 g/mol. The van der Waals surface area contributed by atoms with Crippen LogP contribution in [0.25, 0.3) is 11.5 Å². The molecule has 0 bridgehead atoms. The van der Waals surface area contributed by atoms with E-state index >= 15 is 0 Å². The number of rotatable bonds is 3. The van der Waals surface area contributed by atoms with Crippen LogP contribution in [-0.2, 0) is 11.2 Å². The van der Waals surface area contributed by atoms with E-state index in [0.29, 0.717) is 5.89 Å². The maximum atomic E-state index is 11.5. The first-order chi connectivity index (χ1) is 9.28. The molecule has 0 amide bonds. The van der Waals surface area contributed by atoms with Crippen molar-refractivity contribution in [2.45, 2.75) is 13.3 Å². The molecule has 0 spiro atoms. The second-order valence-electron chi connectivity index (χ2n) is 4.19. The summed E-state index contributed by atoms with van der Waals surface area (Å²) in [6.07, 6.45) is 1.02. The highest BCUT2D eigenvalue weighted by molar-refractivity contribution is 5.85. The summed E-state index contributed by atoms with van der Waals surface area (Å²) in [5, 5.41) is 6.90. The summed E-state index contributed by atoms with van der Waals surface area (Å²) >= 11 is 0. The van der Waals surface area contributed by atoms with E-state index in [9.17, 15) is 4.79 Å². The molecule has 2 heterocycles. The molecule has 1 N–H and O–H groups in total. The SMILES string of the molecule is CCOC(=O)c1noc(-c2ccc3c(c2)NCC3)n1. The summed E-state index contributed by atoms with van der Waals surface area (Å²) in [5.74, 6) is -0.304. The second-order valence-corrected chi connectivity index (χ2v) is 4.19. The molecule has 1 aliphatic rings. The van der Waals surface area contributed by atoms with Gasteiger partial charge in [0.15, 0.2) is 0 Å². The Labute approximate surface area is 109 Å². The first-order valence-electron chi connectivity index (χ1n) is 6.16. The Hall–Kier alpha value is -2.37. The van der Waals surface area contributed by atoms with Crippen molar-refractivity contribution in [3.05, 3.63) is 29.6 Å². The molecule has 0 atom stereocenters. The normalized spacial score (nSPS) is 12.9. The first-order valence-corrected chi connectivity index (χ1v) is 6.16. The highest BCUT2D eigenvalue weighted by atomic mass is 16.5. The van der Waals surface area contributed by atoms with E-state index < -0.39 is 5.97 Å². The maximum absolute atomic E-state index is 11.5. The van der Waals surface area contributed by atoms with Gasteiger partial charge in [0.25, 0.3) is 11.7 Å². The quantitative estimate of drug-likeness (QED) is 0.848. The third-order valence-corrected chi connectivity index (χ3v) is 2.95. The number of hydrogen-bond donors (Lipinski definition) is 1. The van der Waals surface area contributed by atoms with Gasteiger partial charge in [-0.15, -0.1) is 0 Å². The van der Waals surface area contributed by atoms with Gasteiger partial charge < -0.3 is 14.6 Å². The minimum Gasteiger partial charge on any atom is -0.460 e. The Kier molecular flexibility index (Phi) is 2.91. The molecular formula is C13H13N3O3. The van der Waals surface area contributed by atoms with Gasteiger partial charge in [-0.2, -0.15) is 4.98 Å². The molecule has 1 aromatic carbocycles. The smallest absolute Gasteiger partial charge is 0.379 e. The number of carbonyl (C=O) groups excluding carboxylic acids is 1. The predicted molar refractivity (Wildman–Crippen MR) is 67.9 cm³/mol. The average Bonchev–Trinajstić information content (AvgIpc) is 3.07. The Balaban J connectivity index is 1.88. The molecule has 2 aromatic rings. The zero-order chi connectivity index (χ0) is 13.2. The molecule has 1 aliphatic heterocycles. The van der Waals surface area contributed by atoms with Crippen LogP contribution in [-0.4, -0.2) is 29.3 Å². The summed E-state index contributed by atoms with van der Waals surface area (Å²) in [6, 6.07) is 5.89. The standard InChI is InChI=1S/C13H13N3O3/c1-2-18-13(17)11-15-12(19-16-11)9-4-3-8-5-6-14-10(8)7-9/h3-4,7,14H,2,5-6H2,1H3. The number of anilines is 1. The molecule has 0 saturated heterocycles. The lowest BCUT2D eigenvalue weighted by Crippen LogP contribution is -2.06. The maximum Gasteiger partial charge on any atom is 0.379 e. The fourth-order valence-corrected chi connectivity index (χ4v) is 2.04. The van der Waals surface area contributed by atoms with E-state index in [4.69, 9.17) is 9.26 Å². The van der Waals surface area contributed by atoms with E-state index in [2.05, 4.69) is 15.5 Å². The van der Waals surface area contributed by atoms with Crippen LogP contribution in [0.15, 0.2) is 22.7 Å². The van der Waals surface area contributed by atoms with E-state index in [-0.39, 0.29) is 12.4 Å².